The summed E-state index contributed by atoms with van der Waals surface area (Å²) in [5.74, 6) is -1.73. The largest absolute Gasteiger partial charge is 0.352 e. The monoisotopic (exact) mass is 705 g/mol. The van der Waals surface area contributed by atoms with Crippen molar-refractivity contribution in [1.29, 1.82) is 0 Å². The first-order chi connectivity index (χ1) is 22.1. The van der Waals surface area contributed by atoms with E-state index in [1.807, 2.05) is 61.5 Å². The van der Waals surface area contributed by atoms with E-state index in [1.54, 1.807) is 12.1 Å². The first kappa shape index (κ1) is 33.3. The number of halogens is 2. The van der Waals surface area contributed by atoms with Gasteiger partial charge in [0, 0.05) is 23.5 Å². The first-order valence-corrected chi connectivity index (χ1v) is 17.6. The van der Waals surface area contributed by atoms with Gasteiger partial charge in [-0.25, -0.2) is 12.8 Å². The molecule has 0 heterocycles. The van der Waals surface area contributed by atoms with Crippen molar-refractivity contribution in [2.75, 3.05) is 10.8 Å². The molecule has 0 aromatic heterocycles. The second-order valence-electron chi connectivity index (χ2n) is 11.6. The van der Waals surface area contributed by atoms with Crippen LogP contribution in [0.4, 0.5) is 10.1 Å². The highest BCUT2D eigenvalue weighted by Gasteiger charge is 2.36. The summed E-state index contributed by atoms with van der Waals surface area (Å²) in [4.78, 5) is 29.9. The van der Waals surface area contributed by atoms with Gasteiger partial charge in [0.25, 0.3) is 10.0 Å². The van der Waals surface area contributed by atoms with Crippen LogP contribution in [0.2, 0.25) is 0 Å². The van der Waals surface area contributed by atoms with Gasteiger partial charge in [0.15, 0.2) is 0 Å². The molecule has 5 rings (SSSR count). The smallest absolute Gasteiger partial charge is 0.264 e. The molecule has 0 radical (unpaired) electrons. The van der Waals surface area contributed by atoms with Gasteiger partial charge in [0.2, 0.25) is 11.8 Å². The third kappa shape index (κ3) is 8.22. The Morgan fingerprint density at radius 2 is 1.50 bits per heavy atom. The van der Waals surface area contributed by atoms with E-state index in [0.717, 1.165) is 57.2 Å². The molecule has 1 aliphatic rings. The molecule has 0 unspecified atom stereocenters. The van der Waals surface area contributed by atoms with Crippen molar-refractivity contribution < 1.29 is 22.4 Å². The number of carbonyl (C=O) groups is 2. The average Bonchev–Trinajstić information content (AvgIpc) is 3.56. The molecular formula is C36H37BrFN3O4S. The summed E-state index contributed by atoms with van der Waals surface area (Å²) in [6, 6.07) is 27.5. The molecule has 7 nitrogen and oxygen atoms in total. The fourth-order valence-corrected chi connectivity index (χ4v) is 7.40. The summed E-state index contributed by atoms with van der Waals surface area (Å²) in [5, 5.41) is 3.15. The van der Waals surface area contributed by atoms with E-state index in [-0.39, 0.29) is 35.5 Å². The normalized spacial score (nSPS) is 14.1. The quantitative estimate of drug-likeness (QED) is 0.176. The molecule has 0 bridgehead atoms. The number of para-hydroxylation sites is 1. The Bertz CT molecular complexity index is 1750. The number of sulfonamides is 1. The minimum atomic E-state index is -4.38. The van der Waals surface area contributed by atoms with Crippen LogP contribution in [0.3, 0.4) is 0 Å². The van der Waals surface area contributed by atoms with Crippen LogP contribution >= 0.6 is 15.9 Å². The summed E-state index contributed by atoms with van der Waals surface area (Å²) in [6.07, 6.45) is 3.97. The highest BCUT2D eigenvalue weighted by Crippen LogP contribution is 2.28. The molecule has 0 aliphatic heterocycles. The van der Waals surface area contributed by atoms with Crippen molar-refractivity contribution in [2.45, 2.75) is 62.6 Å². The second-order valence-corrected chi connectivity index (χ2v) is 14.4. The first-order valence-electron chi connectivity index (χ1n) is 15.3. The maximum absolute atomic E-state index is 15.3. The van der Waals surface area contributed by atoms with Crippen molar-refractivity contribution in [1.82, 2.24) is 10.2 Å². The van der Waals surface area contributed by atoms with Gasteiger partial charge in [-0.15, -0.1) is 0 Å². The second kappa shape index (κ2) is 15.0. The lowest BCUT2D eigenvalue weighted by Crippen LogP contribution is -2.54. The lowest BCUT2D eigenvalue weighted by molar-refractivity contribution is -0.140. The number of hydrogen-bond acceptors (Lipinski definition) is 4. The van der Waals surface area contributed by atoms with Crippen molar-refractivity contribution in [3.8, 4) is 0 Å². The number of carbonyl (C=O) groups excluding carboxylic acids is 2. The molecule has 0 saturated heterocycles. The molecule has 2 amide bonds. The Morgan fingerprint density at radius 1 is 0.870 bits per heavy atom. The zero-order chi connectivity index (χ0) is 32.7. The number of hydrogen-bond donors (Lipinski definition) is 1. The van der Waals surface area contributed by atoms with Crippen LogP contribution in [0.1, 0.15) is 42.4 Å². The van der Waals surface area contributed by atoms with Crippen LogP contribution in [0.15, 0.2) is 112 Å². The topological polar surface area (TPSA) is 86.8 Å². The number of anilines is 1. The van der Waals surface area contributed by atoms with Crippen LogP contribution in [0.25, 0.3) is 0 Å². The molecule has 1 saturated carbocycles. The average molecular weight is 707 g/mol. The molecule has 1 atom stereocenters. The Labute approximate surface area is 278 Å². The van der Waals surface area contributed by atoms with E-state index in [2.05, 4.69) is 21.2 Å². The zero-order valence-electron chi connectivity index (χ0n) is 25.6. The maximum atomic E-state index is 15.3. The summed E-state index contributed by atoms with van der Waals surface area (Å²) in [7, 11) is -4.38. The molecule has 4 aromatic rings. The molecule has 4 aromatic carbocycles. The van der Waals surface area contributed by atoms with Gasteiger partial charge in [0.1, 0.15) is 18.4 Å². The Hall–Kier alpha value is -4.02. The van der Waals surface area contributed by atoms with E-state index >= 15 is 4.39 Å². The predicted molar refractivity (Wildman–Crippen MR) is 181 cm³/mol. The summed E-state index contributed by atoms with van der Waals surface area (Å²) >= 11 is 3.45. The Balaban J connectivity index is 1.57. The van der Waals surface area contributed by atoms with Gasteiger partial charge in [-0.1, -0.05) is 101 Å². The lowest BCUT2D eigenvalue weighted by Gasteiger charge is -2.34. The van der Waals surface area contributed by atoms with Crippen LogP contribution in [0.5, 0.6) is 0 Å². The van der Waals surface area contributed by atoms with Crippen LogP contribution in [0, 0.1) is 12.7 Å². The molecule has 10 heteroatoms. The minimum Gasteiger partial charge on any atom is -0.352 e. The van der Waals surface area contributed by atoms with Gasteiger partial charge < -0.3 is 10.2 Å². The molecule has 240 valence electrons. The number of amides is 2. The van der Waals surface area contributed by atoms with Crippen LogP contribution in [-0.4, -0.2) is 43.8 Å². The predicted octanol–water partition coefficient (Wildman–Crippen LogP) is 6.79. The van der Waals surface area contributed by atoms with E-state index in [4.69, 9.17) is 0 Å². The molecule has 1 aliphatic carbocycles. The summed E-state index contributed by atoms with van der Waals surface area (Å²) in [5.41, 5.74) is 2.20. The molecule has 0 spiro atoms. The van der Waals surface area contributed by atoms with E-state index < -0.39 is 34.3 Å². The van der Waals surface area contributed by atoms with E-state index in [1.165, 1.54) is 35.2 Å². The van der Waals surface area contributed by atoms with E-state index in [9.17, 15) is 18.0 Å². The van der Waals surface area contributed by atoms with Gasteiger partial charge in [-0.3, -0.25) is 13.9 Å². The standard InChI is InChI=1S/C36H37BrFN3O4S/c1-26-15-21-31(22-16-26)46(44,45)41(33-14-8-7-13-32(33)38)25-35(42)40(24-28-17-19-29(37)20-18-28)34(23-27-9-3-2-4-10-27)36(43)39-30-11-5-6-12-30/h2-4,7-10,13-22,30,34H,5-6,11-12,23-25H2,1H3,(H,39,43)/t34-/m1/s1. The summed E-state index contributed by atoms with van der Waals surface area (Å²) < 4.78 is 45.1. The number of nitrogens with one attached hydrogen (secondary N) is 1. The Kier molecular flexibility index (Phi) is 10.9. The third-order valence-corrected chi connectivity index (χ3v) is 10.6. The molecule has 46 heavy (non-hydrogen) atoms. The zero-order valence-corrected chi connectivity index (χ0v) is 28.0. The fraction of sp³-hybridized carbons (Fsp3) is 0.278. The SMILES string of the molecule is Cc1ccc(S(=O)(=O)N(CC(=O)N(Cc2ccc(Br)cc2)[C@H](Cc2ccccc2)C(=O)NC2CCCC2)c2ccccc2F)cc1. The van der Waals surface area contributed by atoms with Gasteiger partial charge in [-0.05, 0) is 67.3 Å². The van der Waals surface area contributed by atoms with Gasteiger partial charge in [-0.2, -0.15) is 0 Å². The fourth-order valence-electron chi connectivity index (χ4n) is 5.71. The van der Waals surface area contributed by atoms with Gasteiger partial charge in [0.05, 0.1) is 10.6 Å². The van der Waals surface area contributed by atoms with Crippen molar-refractivity contribution in [3.05, 3.63) is 130 Å². The number of benzene rings is 4. The molecule has 1 N–H and O–H groups in total. The Morgan fingerprint density at radius 3 is 2.15 bits per heavy atom. The third-order valence-electron chi connectivity index (χ3n) is 8.25. The van der Waals surface area contributed by atoms with Crippen molar-refractivity contribution in [3.63, 3.8) is 0 Å². The highest BCUT2D eigenvalue weighted by atomic mass is 79.9. The van der Waals surface area contributed by atoms with Crippen molar-refractivity contribution in [2.24, 2.45) is 0 Å². The molecular weight excluding hydrogens is 669 g/mol. The summed E-state index contributed by atoms with van der Waals surface area (Å²) in [6.45, 7) is 1.16. The number of rotatable bonds is 12. The highest BCUT2D eigenvalue weighted by molar-refractivity contribution is 9.10. The molecule has 1 fully saturated rings. The number of nitrogens with zero attached hydrogens (tertiary/aromatic N) is 2. The van der Waals surface area contributed by atoms with Crippen LogP contribution < -0.4 is 9.62 Å². The lowest BCUT2D eigenvalue weighted by atomic mass is 10.0. The maximum Gasteiger partial charge on any atom is 0.264 e. The van der Waals surface area contributed by atoms with E-state index in [0.29, 0.717) is 0 Å². The van der Waals surface area contributed by atoms with Crippen molar-refractivity contribution >= 4 is 43.5 Å². The van der Waals surface area contributed by atoms with Crippen LogP contribution in [-0.2, 0) is 32.6 Å². The number of aryl methyl sites for hydroxylation is 1. The minimum absolute atomic E-state index is 0.00670. The van der Waals surface area contributed by atoms with Gasteiger partial charge >= 0.3 is 0 Å².